The van der Waals surface area contributed by atoms with Gasteiger partial charge in [0.2, 0.25) is 0 Å². The number of carbonyl (C=O) groups excluding carboxylic acids is 2. The number of hydrogen-bond acceptors (Lipinski definition) is 6. The second-order valence-electron chi connectivity index (χ2n) is 6.28. The van der Waals surface area contributed by atoms with Crippen LogP contribution in [0.2, 0.25) is 0 Å². The molecule has 26 heavy (non-hydrogen) atoms. The van der Waals surface area contributed by atoms with Gasteiger partial charge in [-0.15, -0.1) is 0 Å². The van der Waals surface area contributed by atoms with Gasteiger partial charge in [0.05, 0.1) is 18.1 Å². The fourth-order valence-corrected chi connectivity index (χ4v) is 4.45. The molecule has 7 nitrogen and oxygen atoms in total. The van der Waals surface area contributed by atoms with Crippen molar-refractivity contribution in [2.75, 3.05) is 18.1 Å². The minimum atomic E-state index is -3.07. The molecule has 2 atom stereocenters. The third-order valence-corrected chi connectivity index (χ3v) is 5.90. The number of para-hydroxylation sites is 1. The molecule has 1 N–H and O–H groups in total. The summed E-state index contributed by atoms with van der Waals surface area (Å²) in [6.45, 7) is 3.90. The summed E-state index contributed by atoms with van der Waals surface area (Å²) in [6, 6.07) is 7.05. The molecule has 0 saturated carbocycles. The number of hydrogen-bond donors (Lipinski definition) is 1. The van der Waals surface area contributed by atoms with Crippen molar-refractivity contribution < 1.29 is 27.5 Å². The van der Waals surface area contributed by atoms with Gasteiger partial charge in [-0.2, -0.15) is 0 Å². The molecule has 1 aliphatic heterocycles. The fraction of sp³-hybridized carbons (Fsp3) is 0.556. The highest BCUT2D eigenvalue weighted by Gasteiger charge is 2.30. The lowest BCUT2D eigenvalue weighted by Gasteiger charge is -2.16. The summed E-state index contributed by atoms with van der Waals surface area (Å²) >= 11 is 0. The molecule has 0 spiro atoms. The number of ether oxygens (including phenoxy) is 2. The minimum absolute atomic E-state index is 0.0619. The Hall–Kier alpha value is -2.09. The third kappa shape index (κ3) is 6.01. The van der Waals surface area contributed by atoms with Crippen LogP contribution in [0.25, 0.3) is 0 Å². The van der Waals surface area contributed by atoms with Gasteiger partial charge >= 0.3 is 5.97 Å². The molecule has 0 aromatic heterocycles. The number of carbonyl (C=O) groups is 2. The molecule has 1 aliphatic rings. The van der Waals surface area contributed by atoms with Crippen LogP contribution >= 0.6 is 0 Å². The molecular weight excluding hydrogens is 358 g/mol. The molecule has 1 aromatic carbocycles. The van der Waals surface area contributed by atoms with Crippen molar-refractivity contribution in [1.29, 1.82) is 0 Å². The van der Waals surface area contributed by atoms with Gasteiger partial charge in [-0.1, -0.05) is 18.2 Å². The molecule has 8 heteroatoms. The van der Waals surface area contributed by atoms with Crippen LogP contribution < -0.4 is 10.1 Å². The van der Waals surface area contributed by atoms with Crippen LogP contribution in [0.15, 0.2) is 24.3 Å². The van der Waals surface area contributed by atoms with E-state index in [4.69, 9.17) is 9.47 Å². The summed E-state index contributed by atoms with van der Waals surface area (Å²) in [5, 5.41) is 2.62. The van der Waals surface area contributed by atoms with Gasteiger partial charge in [-0.05, 0) is 38.3 Å². The van der Waals surface area contributed by atoms with E-state index in [1.54, 1.807) is 0 Å². The smallest absolute Gasteiger partial charge is 0.306 e. The van der Waals surface area contributed by atoms with E-state index in [9.17, 15) is 18.0 Å². The predicted molar refractivity (Wildman–Crippen MR) is 96.7 cm³/mol. The second kappa shape index (κ2) is 9.02. The predicted octanol–water partition coefficient (Wildman–Crippen LogP) is 1.25. The Labute approximate surface area is 154 Å². The summed E-state index contributed by atoms with van der Waals surface area (Å²) in [6.07, 6.45) is 0.0000918. The van der Waals surface area contributed by atoms with Crippen molar-refractivity contribution in [1.82, 2.24) is 5.32 Å². The van der Waals surface area contributed by atoms with E-state index in [0.29, 0.717) is 19.4 Å². The molecule has 2 rings (SSSR count). The van der Waals surface area contributed by atoms with E-state index < -0.39 is 33.9 Å². The topological polar surface area (TPSA) is 98.8 Å². The Morgan fingerprint density at radius 2 is 2.04 bits per heavy atom. The maximum Gasteiger partial charge on any atom is 0.306 e. The first-order chi connectivity index (χ1) is 12.3. The van der Waals surface area contributed by atoms with Gasteiger partial charge in [-0.25, -0.2) is 8.42 Å². The lowest BCUT2D eigenvalue weighted by molar-refractivity contribution is -0.155. The van der Waals surface area contributed by atoms with Crippen LogP contribution in [0.5, 0.6) is 5.75 Å². The standard InChI is InChI=1S/C18H25NO6S/c1-3-24-16-7-5-4-6-14(16)8-9-17(20)25-13(2)18(21)19-15-10-11-26(22,23)12-15/h4-7,13,15H,3,8-12H2,1-2H3,(H,19,21)/t13-,15-/m0/s1. The molecule has 1 saturated heterocycles. The number of nitrogens with one attached hydrogen (secondary N) is 1. The summed E-state index contributed by atoms with van der Waals surface area (Å²) in [4.78, 5) is 24.1. The van der Waals surface area contributed by atoms with E-state index in [1.807, 2.05) is 31.2 Å². The normalized spacial score (nSPS) is 19.5. The van der Waals surface area contributed by atoms with Crippen LogP contribution in [-0.2, 0) is 30.6 Å². The minimum Gasteiger partial charge on any atom is -0.494 e. The number of aryl methyl sites for hydroxylation is 1. The average molecular weight is 383 g/mol. The first kappa shape index (κ1) is 20.2. The Bertz CT molecular complexity index is 746. The van der Waals surface area contributed by atoms with Crippen molar-refractivity contribution in [2.24, 2.45) is 0 Å². The lowest BCUT2D eigenvalue weighted by atomic mass is 10.1. The van der Waals surface area contributed by atoms with Crippen molar-refractivity contribution in [2.45, 2.75) is 45.3 Å². The van der Waals surface area contributed by atoms with Gasteiger partial charge in [0.15, 0.2) is 15.9 Å². The largest absolute Gasteiger partial charge is 0.494 e. The highest BCUT2D eigenvalue weighted by Crippen LogP contribution is 2.20. The molecule has 1 fully saturated rings. The fourth-order valence-electron chi connectivity index (χ4n) is 2.78. The highest BCUT2D eigenvalue weighted by atomic mass is 32.2. The first-order valence-electron chi connectivity index (χ1n) is 8.71. The highest BCUT2D eigenvalue weighted by molar-refractivity contribution is 7.91. The zero-order valence-corrected chi connectivity index (χ0v) is 15.9. The maximum absolute atomic E-state index is 12.1. The van der Waals surface area contributed by atoms with Gasteiger partial charge in [0.25, 0.3) is 5.91 Å². The zero-order chi connectivity index (χ0) is 19.2. The van der Waals surface area contributed by atoms with Gasteiger partial charge in [-0.3, -0.25) is 9.59 Å². The van der Waals surface area contributed by atoms with Crippen LogP contribution in [0.1, 0.15) is 32.3 Å². The van der Waals surface area contributed by atoms with Gasteiger partial charge < -0.3 is 14.8 Å². The van der Waals surface area contributed by atoms with Crippen LogP contribution in [0.3, 0.4) is 0 Å². The molecule has 144 valence electrons. The summed E-state index contributed by atoms with van der Waals surface area (Å²) in [5.41, 5.74) is 0.902. The van der Waals surface area contributed by atoms with Gasteiger partial charge in [0, 0.05) is 12.5 Å². The molecule has 0 unspecified atom stereocenters. The number of esters is 1. The monoisotopic (exact) mass is 383 g/mol. The third-order valence-electron chi connectivity index (χ3n) is 4.13. The van der Waals surface area contributed by atoms with Crippen LogP contribution in [0.4, 0.5) is 0 Å². The zero-order valence-electron chi connectivity index (χ0n) is 15.1. The van der Waals surface area contributed by atoms with Crippen molar-refractivity contribution in [3.8, 4) is 5.75 Å². The van der Waals surface area contributed by atoms with Crippen LogP contribution in [-0.4, -0.2) is 50.6 Å². The Kier molecular flexibility index (Phi) is 7.02. The van der Waals surface area contributed by atoms with Gasteiger partial charge in [0.1, 0.15) is 5.75 Å². The molecular formula is C18H25NO6S. The second-order valence-corrected chi connectivity index (χ2v) is 8.51. The summed E-state index contributed by atoms with van der Waals surface area (Å²) in [5.74, 6) is -0.219. The Morgan fingerprint density at radius 3 is 2.69 bits per heavy atom. The number of benzene rings is 1. The van der Waals surface area contributed by atoms with E-state index >= 15 is 0 Å². The molecule has 0 bridgehead atoms. The van der Waals surface area contributed by atoms with Crippen molar-refractivity contribution in [3.05, 3.63) is 29.8 Å². The number of amides is 1. The Balaban J connectivity index is 1.79. The van der Waals surface area contributed by atoms with Crippen molar-refractivity contribution >= 4 is 21.7 Å². The van der Waals surface area contributed by atoms with E-state index in [0.717, 1.165) is 11.3 Å². The maximum atomic E-state index is 12.1. The quantitative estimate of drug-likeness (QED) is 0.679. The van der Waals surface area contributed by atoms with Crippen molar-refractivity contribution in [3.63, 3.8) is 0 Å². The number of sulfone groups is 1. The molecule has 1 aromatic rings. The first-order valence-corrected chi connectivity index (χ1v) is 10.5. The molecule has 0 radical (unpaired) electrons. The van der Waals surface area contributed by atoms with E-state index in [1.165, 1.54) is 6.92 Å². The molecule has 1 amide bonds. The average Bonchev–Trinajstić information content (AvgIpc) is 2.92. The summed E-state index contributed by atoms with van der Waals surface area (Å²) < 4.78 is 33.5. The van der Waals surface area contributed by atoms with E-state index in [2.05, 4.69) is 5.32 Å². The SMILES string of the molecule is CCOc1ccccc1CCC(=O)O[C@@H](C)C(=O)N[C@H]1CCS(=O)(=O)C1. The molecule has 0 aliphatic carbocycles. The van der Waals surface area contributed by atoms with E-state index in [-0.39, 0.29) is 17.9 Å². The molecule has 1 heterocycles. The summed E-state index contributed by atoms with van der Waals surface area (Å²) in [7, 11) is -3.07. The number of rotatable bonds is 8. The van der Waals surface area contributed by atoms with Crippen LogP contribution in [0, 0.1) is 0 Å². The Morgan fingerprint density at radius 1 is 1.31 bits per heavy atom. The lowest BCUT2D eigenvalue weighted by Crippen LogP contribution is -2.42.